The second-order valence-electron chi connectivity index (χ2n) is 7.41. The maximum atomic E-state index is 12.5. The highest BCUT2D eigenvalue weighted by molar-refractivity contribution is 7.99. The highest BCUT2D eigenvalue weighted by Gasteiger charge is 2.43. The molecule has 1 unspecified atom stereocenters. The van der Waals surface area contributed by atoms with Crippen molar-refractivity contribution in [2.75, 3.05) is 5.75 Å². The monoisotopic (exact) mass is 437 g/mol. The van der Waals surface area contributed by atoms with E-state index in [9.17, 15) is 10.1 Å². The third-order valence-corrected chi connectivity index (χ3v) is 6.29. The highest BCUT2D eigenvalue weighted by Crippen LogP contribution is 2.39. The number of carbonyl (C=O) groups excluding carboxylic acids is 1. The third-order valence-electron chi connectivity index (χ3n) is 5.11. The molecule has 6 nitrogen and oxygen atoms in total. The van der Waals surface area contributed by atoms with Gasteiger partial charge in [-0.2, -0.15) is 5.26 Å². The van der Waals surface area contributed by atoms with Gasteiger partial charge in [0, 0.05) is 16.3 Å². The fourth-order valence-corrected chi connectivity index (χ4v) is 4.18. The van der Waals surface area contributed by atoms with Gasteiger partial charge in [0.05, 0.1) is 11.8 Å². The molecule has 0 bridgehead atoms. The van der Waals surface area contributed by atoms with E-state index in [2.05, 4.69) is 21.6 Å². The zero-order valence-corrected chi connectivity index (χ0v) is 18.0. The first-order valence-corrected chi connectivity index (χ1v) is 11.0. The van der Waals surface area contributed by atoms with Gasteiger partial charge in [-0.1, -0.05) is 53.7 Å². The van der Waals surface area contributed by atoms with E-state index in [-0.39, 0.29) is 17.6 Å². The van der Waals surface area contributed by atoms with Crippen molar-refractivity contribution < 1.29 is 4.79 Å². The Balaban J connectivity index is 1.59. The lowest BCUT2D eigenvalue weighted by Gasteiger charge is -2.22. The van der Waals surface area contributed by atoms with Crippen molar-refractivity contribution in [2.24, 2.45) is 5.92 Å². The lowest BCUT2D eigenvalue weighted by atomic mass is 9.98. The van der Waals surface area contributed by atoms with Crippen LogP contribution in [0.15, 0.2) is 59.8 Å². The number of aromatic nitrogens is 3. The second-order valence-corrected chi connectivity index (χ2v) is 8.79. The Morgan fingerprint density at radius 1 is 1.23 bits per heavy atom. The predicted octanol–water partition coefficient (Wildman–Crippen LogP) is 4.49. The summed E-state index contributed by atoms with van der Waals surface area (Å²) in [6.45, 7) is 1.79. The molecule has 1 aliphatic rings. The zero-order valence-electron chi connectivity index (χ0n) is 16.4. The SMILES string of the molecule is CC(C#N)(NC(=O)CSc1nnc(-c2ccccc2)n1-c1ccc(Cl)cc1)C1CC1. The minimum atomic E-state index is -0.809. The summed E-state index contributed by atoms with van der Waals surface area (Å²) in [5, 5.41) is 22.3. The van der Waals surface area contributed by atoms with E-state index in [1.807, 2.05) is 47.0 Å². The van der Waals surface area contributed by atoms with E-state index in [0.717, 1.165) is 24.1 Å². The number of hydrogen-bond acceptors (Lipinski definition) is 5. The Morgan fingerprint density at radius 3 is 2.57 bits per heavy atom. The molecule has 1 fully saturated rings. The number of halogens is 1. The molecule has 0 radical (unpaired) electrons. The highest BCUT2D eigenvalue weighted by atomic mass is 35.5. The van der Waals surface area contributed by atoms with Crippen molar-refractivity contribution in [3.63, 3.8) is 0 Å². The van der Waals surface area contributed by atoms with Gasteiger partial charge in [0.15, 0.2) is 11.0 Å². The summed E-state index contributed by atoms with van der Waals surface area (Å²) >= 11 is 7.34. The van der Waals surface area contributed by atoms with Crippen LogP contribution in [-0.2, 0) is 4.79 Å². The molecule has 1 saturated carbocycles. The molecule has 1 atom stereocenters. The number of nitriles is 1. The summed E-state index contributed by atoms with van der Waals surface area (Å²) in [7, 11) is 0. The predicted molar refractivity (Wildman–Crippen MR) is 117 cm³/mol. The zero-order chi connectivity index (χ0) is 21.1. The summed E-state index contributed by atoms with van der Waals surface area (Å²) in [4.78, 5) is 12.5. The summed E-state index contributed by atoms with van der Waals surface area (Å²) in [6, 6.07) is 19.4. The Labute approximate surface area is 184 Å². The number of rotatable bonds is 7. The topological polar surface area (TPSA) is 83.6 Å². The number of hydrogen-bond donors (Lipinski definition) is 1. The lowest BCUT2D eigenvalue weighted by molar-refractivity contribution is -0.119. The molecule has 3 aromatic rings. The molecule has 1 N–H and O–H groups in total. The van der Waals surface area contributed by atoms with Gasteiger partial charge in [0.25, 0.3) is 0 Å². The number of nitrogens with one attached hydrogen (secondary N) is 1. The number of carbonyl (C=O) groups is 1. The molecule has 1 aliphatic carbocycles. The molecular formula is C22H20ClN5OS. The van der Waals surface area contributed by atoms with Crippen LogP contribution in [0.5, 0.6) is 0 Å². The maximum absolute atomic E-state index is 12.5. The van der Waals surface area contributed by atoms with Crippen molar-refractivity contribution in [3.05, 3.63) is 59.6 Å². The lowest BCUT2D eigenvalue weighted by Crippen LogP contribution is -2.47. The molecule has 8 heteroatoms. The summed E-state index contributed by atoms with van der Waals surface area (Å²) < 4.78 is 1.91. The van der Waals surface area contributed by atoms with Crippen LogP contribution in [0.4, 0.5) is 0 Å². The molecule has 2 aromatic carbocycles. The first-order valence-electron chi connectivity index (χ1n) is 9.62. The Morgan fingerprint density at radius 2 is 1.93 bits per heavy atom. The number of thioether (sulfide) groups is 1. The van der Waals surface area contributed by atoms with Crippen LogP contribution in [0.2, 0.25) is 5.02 Å². The van der Waals surface area contributed by atoms with Crippen molar-refractivity contribution in [1.82, 2.24) is 20.1 Å². The van der Waals surface area contributed by atoms with E-state index in [4.69, 9.17) is 11.6 Å². The molecular weight excluding hydrogens is 418 g/mol. The fourth-order valence-electron chi connectivity index (χ4n) is 3.30. The summed E-state index contributed by atoms with van der Waals surface area (Å²) in [6.07, 6.45) is 1.95. The van der Waals surface area contributed by atoms with Crippen LogP contribution in [0.3, 0.4) is 0 Å². The molecule has 4 rings (SSSR count). The third kappa shape index (κ3) is 4.35. The van der Waals surface area contributed by atoms with E-state index < -0.39 is 5.54 Å². The smallest absolute Gasteiger partial charge is 0.231 e. The van der Waals surface area contributed by atoms with E-state index in [1.54, 1.807) is 19.1 Å². The Hall–Kier alpha value is -2.82. The maximum Gasteiger partial charge on any atom is 0.231 e. The average molecular weight is 438 g/mol. The van der Waals surface area contributed by atoms with Gasteiger partial charge in [-0.15, -0.1) is 10.2 Å². The number of nitrogens with zero attached hydrogens (tertiary/aromatic N) is 4. The first-order chi connectivity index (χ1) is 14.5. The fraction of sp³-hybridized carbons (Fsp3) is 0.273. The van der Waals surface area contributed by atoms with Crippen LogP contribution in [-0.4, -0.2) is 32.0 Å². The van der Waals surface area contributed by atoms with E-state index >= 15 is 0 Å². The van der Waals surface area contributed by atoms with Crippen LogP contribution < -0.4 is 5.32 Å². The van der Waals surface area contributed by atoms with Gasteiger partial charge < -0.3 is 5.32 Å². The number of benzene rings is 2. The Bertz CT molecular complexity index is 1090. The molecule has 30 heavy (non-hydrogen) atoms. The van der Waals surface area contributed by atoms with E-state index in [1.165, 1.54) is 11.8 Å². The van der Waals surface area contributed by atoms with Gasteiger partial charge in [-0.05, 0) is 49.9 Å². The summed E-state index contributed by atoms with van der Waals surface area (Å²) in [5.74, 6) is 0.868. The average Bonchev–Trinajstić information content (AvgIpc) is 3.54. The quantitative estimate of drug-likeness (QED) is 0.550. The summed E-state index contributed by atoms with van der Waals surface area (Å²) in [5.41, 5.74) is 0.963. The van der Waals surface area contributed by atoms with Crippen LogP contribution in [0.1, 0.15) is 19.8 Å². The molecule has 0 aliphatic heterocycles. The molecule has 152 valence electrons. The first kappa shape index (κ1) is 20.5. The molecule has 1 heterocycles. The van der Waals surface area contributed by atoms with Crippen molar-refractivity contribution in [3.8, 4) is 23.1 Å². The van der Waals surface area contributed by atoms with Crippen molar-refractivity contribution in [1.29, 1.82) is 5.26 Å². The van der Waals surface area contributed by atoms with Crippen LogP contribution >= 0.6 is 23.4 Å². The van der Waals surface area contributed by atoms with Gasteiger partial charge in [0.2, 0.25) is 5.91 Å². The van der Waals surface area contributed by atoms with Crippen molar-refractivity contribution >= 4 is 29.3 Å². The van der Waals surface area contributed by atoms with Crippen LogP contribution in [0.25, 0.3) is 17.1 Å². The molecule has 1 amide bonds. The van der Waals surface area contributed by atoms with Gasteiger partial charge in [-0.25, -0.2) is 0 Å². The van der Waals surface area contributed by atoms with Gasteiger partial charge >= 0.3 is 0 Å². The minimum absolute atomic E-state index is 0.143. The Kier molecular flexibility index (Phi) is 5.80. The molecule has 1 aromatic heterocycles. The van der Waals surface area contributed by atoms with E-state index in [0.29, 0.717) is 16.0 Å². The normalized spacial score (nSPS) is 15.2. The largest absolute Gasteiger partial charge is 0.337 e. The van der Waals surface area contributed by atoms with Gasteiger partial charge in [0.1, 0.15) is 5.54 Å². The number of amides is 1. The van der Waals surface area contributed by atoms with Crippen LogP contribution in [0, 0.1) is 17.2 Å². The standard InChI is InChI=1S/C22H20ClN5OS/c1-22(14-24,16-7-8-16)25-19(29)13-30-21-27-26-20(15-5-3-2-4-6-15)28(21)18-11-9-17(23)10-12-18/h2-6,9-12,16H,7-8,13H2,1H3,(H,25,29). The molecule has 0 spiro atoms. The molecule has 0 saturated heterocycles. The minimum Gasteiger partial charge on any atom is -0.337 e. The van der Waals surface area contributed by atoms with Gasteiger partial charge in [-0.3, -0.25) is 9.36 Å². The van der Waals surface area contributed by atoms with Crippen molar-refractivity contribution in [2.45, 2.75) is 30.5 Å². The second kappa shape index (κ2) is 8.50.